The van der Waals surface area contributed by atoms with E-state index < -0.39 is 50.0 Å². The van der Waals surface area contributed by atoms with Crippen molar-refractivity contribution in [1.82, 2.24) is 9.62 Å². The van der Waals surface area contributed by atoms with Crippen molar-refractivity contribution in [2.75, 3.05) is 27.3 Å². The largest absolute Gasteiger partial charge is 0.496 e. The van der Waals surface area contributed by atoms with Crippen LogP contribution >= 0.6 is 23.2 Å². The van der Waals surface area contributed by atoms with Gasteiger partial charge in [-0.1, -0.05) is 23.2 Å². The fraction of sp³-hybridized carbons (Fsp3) is 0.300. The molecule has 12 heteroatoms. The first-order valence-electron chi connectivity index (χ1n) is 9.27. The summed E-state index contributed by atoms with van der Waals surface area (Å²) < 4.78 is 51.2. The van der Waals surface area contributed by atoms with Gasteiger partial charge >= 0.3 is 0 Å². The van der Waals surface area contributed by atoms with Gasteiger partial charge in [-0.05, 0) is 36.2 Å². The van der Waals surface area contributed by atoms with Crippen LogP contribution in [-0.4, -0.2) is 51.8 Å². The van der Waals surface area contributed by atoms with E-state index in [0.717, 1.165) is 19.2 Å². The average molecular weight is 505 g/mol. The number of methoxy groups -OCH3 is 2. The van der Waals surface area contributed by atoms with E-state index in [9.17, 15) is 22.4 Å². The lowest BCUT2D eigenvalue weighted by atomic mass is 9.98. The molecule has 1 unspecified atom stereocenters. The number of nitrogens with one attached hydrogen (secondary N) is 1. The van der Waals surface area contributed by atoms with E-state index in [4.69, 9.17) is 32.7 Å². The second-order valence-electron chi connectivity index (χ2n) is 6.93. The number of ether oxygens (including phenoxy) is 2. The molecule has 0 radical (unpaired) electrons. The summed E-state index contributed by atoms with van der Waals surface area (Å²) in [6, 6.07) is 6.48. The predicted octanol–water partition coefficient (Wildman–Crippen LogP) is 2.66. The molecule has 0 bridgehead atoms. The standard InChI is InChI=1S/C20H19Cl2FN2O6S/c1-30-16-4-3-13(21)6-11(16)5-12-9-24-19(26)10-25(20(12)27)32(28,29)18-7-14(22)15(23)8-17(18)31-2/h3-4,6-8,12H,5,9-10H2,1-2H3,(H,24,26). The topological polar surface area (TPSA) is 102 Å². The minimum absolute atomic E-state index is 0.0518. The molecule has 1 aliphatic heterocycles. The Labute approximate surface area is 194 Å². The van der Waals surface area contributed by atoms with Crippen LogP contribution in [0.4, 0.5) is 4.39 Å². The third kappa shape index (κ3) is 4.77. The first-order valence-corrected chi connectivity index (χ1v) is 11.5. The fourth-order valence-corrected chi connectivity index (χ4v) is 5.31. The van der Waals surface area contributed by atoms with Crippen LogP contribution in [0.1, 0.15) is 5.56 Å². The van der Waals surface area contributed by atoms with Gasteiger partial charge in [-0.2, -0.15) is 0 Å². The van der Waals surface area contributed by atoms with Gasteiger partial charge in [0.15, 0.2) is 0 Å². The molecule has 1 aliphatic rings. The van der Waals surface area contributed by atoms with Crippen molar-refractivity contribution in [1.29, 1.82) is 0 Å². The number of hydrogen-bond acceptors (Lipinski definition) is 6. The summed E-state index contributed by atoms with van der Waals surface area (Å²) in [5.41, 5.74) is 0.564. The lowest BCUT2D eigenvalue weighted by Crippen LogP contribution is -2.42. The van der Waals surface area contributed by atoms with Crippen LogP contribution in [-0.2, 0) is 26.0 Å². The number of carbonyl (C=O) groups excluding carboxylic acids is 2. The minimum atomic E-state index is -4.61. The van der Waals surface area contributed by atoms with Gasteiger partial charge in [0.05, 0.1) is 25.2 Å². The Morgan fingerprint density at radius 1 is 1.12 bits per heavy atom. The molecule has 8 nitrogen and oxygen atoms in total. The highest BCUT2D eigenvalue weighted by Gasteiger charge is 2.40. The normalized spacial score (nSPS) is 17.0. The fourth-order valence-electron chi connectivity index (χ4n) is 3.32. The number of benzene rings is 2. The summed E-state index contributed by atoms with van der Waals surface area (Å²) in [5.74, 6) is -3.22. The first-order chi connectivity index (χ1) is 15.1. The third-order valence-corrected chi connectivity index (χ3v) is 7.20. The highest BCUT2D eigenvalue weighted by molar-refractivity contribution is 7.89. The molecule has 3 rings (SSSR count). The van der Waals surface area contributed by atoms with Crippen molar-refractivity contribution < 1.29 is 31.9 Å². The molecule has 0 aromatic heterocycles. The number of sulfonamides is 1. The van der Waals surface area contributed by atoms with E-state index in [1.165, 1.54) is 7.11 Å². The molecule has 2 aromatic rings. The molecule has 0 aliphatic carbocycles. The zero-order chi connectivity index (χ0) is 23.6. The van der Waals surface area contributed by atoms with Gasteiger partial charge in [0.25, 0.3) is 10.0 Å². The molecule has 0 saturated carbocycles. The van der Waals surface area contributed by atoms with Gasteiger partial charge in [-0.3, -0.25) is 9.59 Å². The first kappa shape index (κ1) is 24.1. The molecule has 1 atom stereocenters. The van der Waals surface area contributed by atoms with Crippen LogP contribution in [0.25, 0.3) is 0 Å². The molecule has 1 heterocycles. The summed E-state index contributed by atoms with van der Waals surface area (Å²) in [7, 11) is -2.01. The van der Waals surface area contributed by atoms with E-state index >= 15 is 0 Å². The Hall–Kier alpha value is -2.56. The van der Waals surface area contributed by atoms with Gasteiger partial charge in [0.1, 0.15) is 28.8 Å². The second-order valence-corrected chi connectivity index (χ2v) is 9.60. The van der Waals surface area contributed by atoms with Gasteiger partial charge < -0.3 is 14.8 Å². The van der Waals surface area contributed by atoms with E-state index in [-0.39, 0.29) is 18.7 Å². The SMILES string of the molecule is COc1ccc(Cl)cc1CC1CNC(=O)CN(S(=O)(=O)c2cc(Cl)c(F)cc2OC)C1=O. The lowest BCUT2D eigenvalue weighted by Gasteiger charge is -2.24. The molecule has 172 valence electrons. The molecule has 2 amide bonds. The maximum Gasteiger partial charge on any atom is 0.270 e. The number of amides is 2. The lowest BCUT2D eigenvalue weighted by molar-refractivity contribution is -0.131. The molecule has 2 aromatic carbocycles. The average Bonchev–Trinajstić information content (AvgIpc) is 2.89. The summed E-state index contributed by atoms with van der Waals surface area (Å²) in [4.78, 5) is 25.0. The summed E-state index contributed by atoms with van der Waals surface area (Å²) in [5, 5.41) is 2.47. The zero-order valence-corrected chi connectivity index (χ0v) is 19.4. The van der Waals surface area contributed by atoms with Gasteiger partial charge in [0.2, 0.25) is 11.8 Å². The molecule has 1 N–H and O–H groups in total. The van der Waals surface area contributed by atoms with Crippen molar-refractivity contribution >= 4 is 45.0 Å². The van der Waals surface area contributed by atoms with E-state index in [2.05, 4.69) is 5.32 Å². The molecule has 0 spiro atoms. The van der Waals surface area contributed by atoms with Crippen LogP contribution in [0.2, 0.25) is 10.0 Å². The Morgan fingerprint density at radius 2 is 1.81 bits per heavy atom. The van der Waals surface area contributed by atoms with Crippen molar-refractivity contribution in [2.45, 2.75) is 11.3 Å². The summed E-state index contributed by atoms with van der Waals surface area (Å²) in [6.45, 7) is -0.844. The van der Waals surface area contributed by atoms with Crippen LogP contribution in [0.3, 0.4) is 0 Å². The number of carbonyl (C=O) groups is 2. The van der Waals surface area contributed by atoms with Gasteiger partial charge in [0, 0.05) is 17.6 Å². The highest BCUT2D eigenvalue weighted by Crippen LogP contribution is 2.33. The smallest absolute Gasteiger partial charge is 0.270 e. The Morgan fingerprint density at radius 3 is 2.47 bits per heavy atom. The minimum Gasteiger partial charge on any atom is -0.496 e. The number of hydrogen-bond donors (Lipinski definition) is 1. The van der Waals surface area contributed by atoms with E-state index in [1.807, 2.05) is 0 Å². The van der Waals surface area contributed by atoms with Gasteiger partial charge in [-0.15, -0.1) is 0 Å². The molecular formula is C20H19Cl2FN2O6S. The highest BCUT2D eigenvalue weighted by atomic mass is 35.5. The van der Waals surface area contributed by atoms with Crippen molar-refractivity contribution in [3.63, 3.8) is 0 Å². The Kier molecular flexibility index (Phi) is 7.16. The Balaban J connectivity index is 2.03. The molecular weight excluding hydrogens is 486 g/mol. The maximum atomic E-state index is 13.8. The van der Waals surface area contributed by atoms with E-state index in [0.29, 0.717) is 20.6 Å². The molecule has 32 heavy (non-hydrogen) atoms. The maximum absolute atomic E-state index is 13.8. The number of halogens is 3. The zero-order valence-electron chi connectivity index (χ0n) is 17.0. The van der Waals surface area contributed by atoms with Crippen LogP contribution in [0, 0.1) is 11.7 Å². The predicted molar refractivity (Wildman–Crippen MR) is 115 cm³/mol. The van der Waals surface area contributed by atoms with Crippen LogP contribution < -0.4 is 14.8 Å². The third-order valence-electron chi connectivity index (χ3n) is 4.91. The van der Waals surface area contributed by atoms with Crippen LogP contribution in [0.5, 0.6) is 11.5 Å². The van der Waals surface area contributed by atoms with Crippen LogP contribution in [0.15, 0.2) is 35.2 Å². The molecule has 1 saturated heterocycles. The van der Waals surface area contributed by atoms with Crippen molar-refractivity contribution in [3.05, 3.63) is 51.8 Å². The number of rotatable bonds is 6. The van der Waals surface area contributed by atoms with E-state index in [1.54, 1.807) is 18.2 Å². The molecule has 1 fully saturated rings. The monoisotopic (exact) mass is 504 g/mol. The number of nitrogens with zero attached hydrogens (tertiary/aromatic N) is 1. The second kappa shape index (κ2) is 9.51. The summed E-state index contributed by atoms with van der Waals surface area (Å²) in [6.07, 6.45) is 0.0518. The quantitative estimate of drug-likeness (QED) is 0.648. The van der Waals surface area contributed by atoms with Crippen molar-refractivity contribution in [3.8, 4) is 11.5 Å². The Bertz CT molecular complexity index is 1170. The summed E-state index contributed by atoms with van der Waals surface area (Å²) >= 11 is 11.8. The van der Waals surface area contributed by atoms with Crippen molar-refractivity contribution in [2.24, 2.45) is 5.92 Å². The van der Waals surface area contributed by atoms with Gasteiger partial charge in [-0.25, -0.2) is 17.1 Å².